The fourth-order valence-corrected chi connectivity index (χ4v) is 1.96. The molecule has 0 spiro atoms. The van der Waals surface area contributed by atoms with Crippen LogP contribution in [0.25, 0.3) is 0 Å². The Balaban J connectivity index is 0.00000144. The molecule has 0 fully saturated rings. The molecular formula is C10H16BrNS. The summed E-state index contributed by atoms with van der Waals surface area (Å²) in [5.41, 5.74) is 8.13. The third-order valence-corrected chi connectivity index (χ3v) is 2.62. The highest BCUT2D eigenvalue weighted by Gasteiger charge is 2.03. The second kappa shape index (κ2) is 6.46. The van der Waals surface area contributed by atoms with E-state index in [-0.39, 0.29) is 17.0 Å². The van der Waals surface area contributed by atoms with Crippen LogP contribution >= 0.6 is 0 Å². The van der Waals surface area contributed by atoms with Crippen LogP contribution in [0, 0.1) is 0 Å². The van der Waals surface area contributed by atoms with Crippen LogP contribution in [0.5, 0.6) is 0 Å². The van der Waals surface area contributed by atoms with Crippen LogP contribution in [0.4, 0.5) is 0 Å². The number of halogens is 1. The standard InChI is InChI=1S/C10H16NS.BrH/c1-12(2)8-10-5-3-9(7-11)4-6-10;/h3-6H,7-8,11H2,1-2H3;1H/q+1;/p-1. The molecule has 0 aliphatic carbocycles. The van der Waals surface area contributed by atoms with Crippen LogP contribution in [0.2, 0.25) is 0 Å². The smallest absolute Gasteiger partial charge is 0.132 e. The minimum absolute atomic E-state index is 0. The largest absolute Gasteiger partial charge is 1.00 e. The van der Waals surface area contributed by atoms with E-state index in [1.54, 1.807) is 0 Å². The van der Waals surface area contributed by atoms with Crippen molar-refractivity contribution < 1.29 is 17.0 Å². The van der Waals surface area contributed by atoms with Crippen molar-refractivity contribution in [3.05, 3.63) is 35.4 Å². The normalized spacial score (nSPS) is 9.85. The highest BCUT2D eigenvalue weighted by molar-refractivity contribution is 7.94. The molecule has 0 aromatic heterocycles. The average Bonchev–Trinajstić information content (AvgIpc) is 2.05. The molecular weight excluding hydrogens is 246 g/mol. The monoisotopic (exact) mass is 261 g/mol. The van der Waals surface area contributed by atoms with Gasteiger partial charge in [0, 0.05) is 12.1 Å². The fourth-order valence-electron chi connectivity index (χ4n) is 1.10. The maximum absolute atomic E-state index is 5.50. The first-order valence-corrected chi connectivity index (χ1v) is 6.25. The summed E-state index contributed by atoms with van der Waals surface area (Å²) in [5.74, 6) is 1.19. The maximum atomic E-state index is 5.50. The van der Waals surface area contributed by atoms with Crippen molar-refractivity contribution in [1.29, 1.82) is 0 Å². The van der Waals surface area contributed by atoms with Crippen molar-refractivity contribution in [2.75, 3.05) is 12.5 Å². The molecule has 74 valence electrons. The van der Waals surface area contributed by atoms with Crippen LogP contribution in [-0.2, 0) is 23.2 Å². The lowest BCUT2D eigenvalue weighted by molar-refractivity contribution is -0.00000274. The number of nitrogens with two attached hydrogens (primary N) is 1. The Kier molecular flexibility index (Phi) is 6.47. The van der Waals surface area contributed by atoms with Gasteiger partial charge in [-0.15, -0.1) is 0 Å². The van der Waals surface area contributed by atoms with Crippen molar-refractivity contribution in [3.63, 3.8) is 0 Å². The Morgan fingerprint density at radius 2 is 1.54 bits per heavy atom. The van der Waals surface area contributed by atoms with Crippen LogP contribution in [0.15, 0.2) is 24.3 Å². The number of rotatable bonds is 3. The molecule has 0 bridgehead atoms. The van der Waals surface area contributed by atoms with Crippen LogP contribution in [0.1, 0.15) is 11.1 Å². The molecule has 3 heteroatoms. The molecule has 0 amide bonds. The van der Waals surface area contributed by atoms with Gasteiger partial charge in [-0.05, 0) is 16.5 Å². The van der Waals surface area contributed by atoms with E-state index in [1.165, 1.54) is 16.9 Å². The van der Waals surface area contributed by atoms with Gasteiger partial charge in [0.25, 0.3) is 0 Å². The average molecular weight is 262 g/mol. The minimum Gasteiger partial charge on any atom is -1.00 e. The van der Waals surface area contributed by atoms with E-state index in [0.29, 0.717) is 17.4 Å². The molecule has 1 rings (SSSR count). The summed E-state index contributed by atoms with van der Waals surface area (Å²) in [6.07, 6.45) is 4.52. The molecule has 13 heavy (non-hydrogen) atoms. The number of benzene rings is 1. The fraction of sp³-hybridized carbons (Fsp3) is 0.400. The van der Waals surface area contributed by atoms with Crippen molar-refractivity contribution >= 4 is 10.9 Å². The Morgan fingerprint density at radius 3 is 1.92 bits per heavy atom. The highest BCUT2D eigenvalue weighted by Crippen LogP contribution is 2.07. The molecule has 1 nitrogen and oxygen atoms in total. The first-order valence-electron chi connectivity index (χ1n) is 4.04. The van der Waals surface area contributed by atoms with Crippen molar-refractivity contribution in [1.82, 2.24) is 0 Å². The third-order valence-electron chi connectivity index (χ3n) is 1.71. The SMILES string of the molecule is C[S+](C)Cc1ccc(CN)cc1.[Br-]. The van der Waals surface area contributed by atoms with Gasteiger partial charge < -0.3 is 22.7 Å². The molecule has 0 saturated carbocycles. The van der Waals surface area contributed by atoms with Gasteiger partial charge in [0.2, 0.25) is 0 Å². The summed E-state index contributed by atoms with van der Waals surface area (Å²) in [6, 6.07) is 8.58. The predicted octanol–water partition coefficient (Wildman–Crippen LogP) is -1.47. The first kappa shape index (κ1) is 13.0. The zero-order chi connectivity index (χ0) is 8.97. The van der Waals surface area contributed by atoms with Crippen molar-refractivity contribution in [2.45, 2.75) is 12.3 Å². The molecule has 0 radical (unpaired) electrons. The van der Waals surface area contributed by atoms with E-state index < -0.39 is 0 Å². The number of hydrogen-bond acceptors (Lipinski definition) is 1. The second-order valence-corrected chi connectivity index (χ2v) is 5.41. The Bertz CT molecular complexity index is 233. The van der Waals surface area contributed by atoms with Gasteiger partial charge in [0.1, 0.15) is 5.75 Å². The van der Waals surface area contributed by atoms with Crippen LogP contribution in [-0.4, -0.2) is 12.5 Å². The van der Waals surface area contributed by atoms with Gasteiger partial charge in [0.15, 0.2) is 0 Å². The molecule has 0 atom stereocenters. The van der Waals surface area contributed by atoms with E-state index in [1.807, 2.05) is 0 Å². The molecule has 0 heterocycles. The topological polar surface area (TPSA) is 26.0 Å². The van der Waals surface area contributed by atoms with E-state index in [4.69, 9.17) is 5.73 Å². The lowest BCUT2D eigenvalue weighted by Crippen LogP contribution is -3.00. The molecule has 0 unspecified atom stereocenters. The highest BCUT2D eigenvalue weighted by atomic mass is 79.9. The van der Waals surface area contributed by atoms with E-state index in [9.17, 15) is 0 Å². The van der Waals surface area contributed by atoms with Gasteiger partial charge in [-0.25, -0.2) is 0 Å². The second-order valence-electron chi connectivity index (χ2n) is 3.15. The molecule has 2 N–H and O–H groups in total. The Morgan fingerprint density at radius 1 is 1.08 bits per heavy atom. The molecule has 0 saturated heterocycles. The summed E-state index contributed by atoms with van der Waals surface area (Å²) >= 11 is 0. The van der Waals surface area contributed by atoms with Gasteiger partial charge in [-0.3, -0.25) is 0 Å². The van der Waals surface area contributed by atoms with Crippen molar-refractivity contribution in [3.8, 4) is 0 Å². The molecule has 0 aliphatic rings. The summed E-state index contributed by atoms with van der Waals surface area (Å²) in [4.78, 5) is 0. The summed E-state index contributed by atoms with van der Waals surface area (Å²) in [5, 5.41) is 0. The Labute approximate surface area is 93.8 Å². The zero-order valence-corrected chi connectivity index (χ0v) is 10.5. The lowest BCUT2D eigenvalue weighted by Gasteiger charge is -1.99. The maximum Gasteiger partial charge on any atom is 0.132 e. The third kappa shape index (κ3) is 4.69. The van der Waals surface area contributed by atoms with E-state index >= 15 is 0 Å². The van der Waals surface area contributed by atoms with Crippen LogP contribution < -0.4 is 22.7 Å². The predicted molar refractivity (Wildman–Crippen MR) is 57.3 cm³/mol. The van der Waals surface area contributed by atoms with E-state index in [2.05, 4.69) is 36.8 Å². The van der Waals surface area contributed by atoms with Gasteiger partial charge in [0.05, 0.1) is 12.5 Å². The lowest BCUT2D eigenvalue weighted by atomic mass is 10.1. The number of hydrogen-bond donors (Lipinski definition) is 1. The molecule has 1 aromatic rings. The van der Waals surface area contributed by atoms with E-state index in [0.717, 1.165) is 0 Å². The van der Waals surface area contributed by atoms with Gasteiger partial charge in [-0.2, -0.15) is 0 Å². The summed E-state index contributed by atoms with van der Waals surface area (Å²) in [7, 11) is 0.494. The quantitative estimate of drug-likeness (QED) is 0.661. The summed E-state index contributed by atoms with van der Waals surface area (Å²) in [6.45, 7) is 0.643. The van der Waals surface area contributed by atoms with Gasteiger partial charge in [-0.1, -0.05) is 24.3 Å². The first-order chi connectivity index (χ1) is 5.72. The minimum atomic E-state index is 0. The molecule has 0 aliphatic heterocycles. The summed E-state index contributed by atoms with van der Waals surface area (Å²) < 4.78 is 0. The van der Waals surface area contributed by atoms with Gasteiger partial charge >= 0.3 is 0 Å². The van der Waals surface area contributed by atoms with Crippen molar-refractivity contribution in [2.24, 2.45) is 5.73 Å². The van der Waals surface area contributed by atoms with Crippen LogP contribution in [0.3, 0.4) is 0 Å². The zero-order valence-electron chi connectivity index (χ0n) is 8.09. The molecule has 1 aromatic carbocycles. The Hall–Kier alpha value is 0.01000.